The van der Waals surface area contributed by atoms with Gasteiger partial charge in [-0.2, -0.15) is 0 Å². The van der Waals surface area contributed by atoms with Gasteiger partial charge in [-0.3, -0.25) is 9.59 Å². The number of nitrogens with zero attached hydrogens (tertiary/aromatic N) is 2. The second kappa shape index (κ2) is 11.3. The second-order valence-electron chi connectivity index (χ2n) is 12.2. The lowest BCUT2D eigenvalue weighted by atomic mass is 9.73. The molecule has 1 aromatic rings. The van der Waals surface area contributed by atoms with E-state index in [1.807, 2.05) is 6.92 Å². The first-order chi connectivity index (χ1) is 17.1. The molecule has 1 aliphatic heterocycles. The van der Waals surface area contributed by atoms with Crippen LogP contribution in [0.3, 0.4) is 0 Å². The molecule has 0 amide bonds. The van der Waals surface area contributed by atoms with Crippen LogP contribution >= 0.6 is 23.2 Å². The van der Waals surface area contributed by atoms with E-state index in [2.05, 4.69) is 62.1 Å². The van der Waals surface area contributed by atoms with Gasteiger partial charge in [-0.1, -0.05) is 62.2 Å². The normalized spacial score (nSPS) is 22.6. The van der Waals surface area contributed by atoms with Gasteiger partial charge in [0.15, 0.2) is 0 Å². The van der Waals surface area contributed by atoms with Crippen molar-refractivity contribution in [2.24, 2.45) is 10.8 Å². The fourth-order valence-corrected chi connectivity index (χ4v) is 5.99. The predicted molar refractivity (Wildman–Crippen MR) is 152 cm³/mol. The Morgan fingerprint density at radius 2 is 1.89 bits per heavy atom. The lowest BCUT2D eigenvalue weighted by Gasteiger charge is -2.44. The van der Waals surface area contributed by atoms with Gasteiger partial charge < -0.3 is 19.9 Å². The molecule has 8 heteroatoms. The predicted octanol–water partition coefficient (Wildman–Crippen LogP) is 6.66. The van der Waals surface area contributed by atoms with E-state index in [4.69, 9.17) is 23.2 Å². The van der Waals surface area contributed by atoms with Gasteiger partial charge in [0.1, 0.15) is 5.02 Å². The summed E-state index contributed by atoms with van der Waals surface area (Å²) in [6, 6.07) is 0.309. The van der Waals surface area contributed by atoms with Crippen LogP contribution in [-0.2, 0) is 11.2 Å². The van der Waals surface area contributed by atoms with E-state index in [-0.39, 0.29) is 16.0 Å². The highest BCUT2D eigenvalue weighted by molar-refractivity contribution is 6.35. The number of carbonyl (C=O) groups is 1. The standard InChI is InChI=1S/C29H41Cl2N3O3/c1-18-14-23(20(3)34(16-18)21-8-11-29(7,12-9-21)27(36)37)19(2)33(17-28(4,5)6)13-10-22-24(30)15-32-26(35)25(22)31/h14-15,21H,2,8-13,16-17H2,1,3-7H3,(H,32,35)(H,36,37). The van der Waals surface area contributed by atoms with Crippen LogP contribution in [0.15, 0.2) is 46.2 Å². The van der Waals surface area contributed by atoms with E-state index < -0.39 is 11.4 Å². The maximum absolute atomic E-state index is 12.1. The van der Waals surface area contributed by atoms with Crippen LogP contribution in [-0.4, -0.2) is 51.5 Å². The molecule has 0 unspecified atom stereocenters. The topological polar surface area (TPSA) is 76.6 Å². The number of halogens is 2. The highest BCUT2D eigenvalue weighted by Crippen LogP contribution is 2.40. The lowest BCUT2D eigenvalue weighted by Crippen LogP contribution is -2.44. The number of hydrogen-bond donors (Lipinski definition) is 2. The second-order valence-corrected chi connectivity index (χ2v) is 12.9. The van der Waals surface area contributed by atoms with E-state index in [1.165, 1.54) is 17.5 Å². The molecule has 1 aromatic heterocycles. The molecule has 2 aliphatic rings. The molecule has 0 bridgehead atoms. The Morgan fingerprint density at radius 1 is 1.27 bits per heavy atom. The van der Waals surface area contributed by atoms with Crippen molar-refractivity contribution in [3.05, 3.63) is 67.4 Å². The first-order valence-corrected chi connectivity index (χ1v) is 13.8. The van der Waals surface area contributed by atoms with Crippen LogP contribution in [0.4, 0.5) is 0 Å². The Bertz CT molecular complexity index is 1170. The summed E-state index contributed by atoms with van der Waals surface area (Å²) in [4.78, 5) is 31.1. The molecule has 2 heterocycles. The van der Waals surface area contributed by atoms with Gasteiger partial charge in [-0.15, -0.1) is 0 Å². The van der Waals surface area contributed by atoms with Gasteiger partial charge in [-0.25, -0.2) is 0 Å². The molecule has 0 saturated heterocycles. The Labute approximate surface area is 231 Å². The zero-order valence-electron chi connectivity index (χ0n) is 23.0. The van der Waals surface area contributed by atoms with E-state index in [9.17, 15) is 14.7 Å². The van der Waals surface area contributed by atoms with E-state index in [0.29, 0.717) is 42.4 Å². The maximum Gasteiger partial charge on any atom is 0.309 e. The molecule has 0 radical (unpaired) electrons. The number of allylic oxidation sites excluding steroid dienone is 2. The van der Waals surface area contributed by atoms with Crippen LogP contribution < -0.4 is 5.56 Å². The first-order valence-electron chi connectivity index (χ1n) is 13.0. The number of aromatic nitrogens is 1. The summed E-state index contributed by atoms with van der Waals surface area (Å²) < 4.78 is 0. The zero-order valence-corrected chi connectivity index (χ0v) is 24.5. The molecule has 2 N–H and O–H groups in total. The van der Waals surface area contributed by atoms with Crippen LogP contribution in [0.1, 0.15) is 72.8 Å². The number of H-pyrrole nitrogens is 1. The SMILES string of the molecule is C=C(C1=C(C)N(C2CCC(C)(C(=O)O)CC2)CC(C)=C1)N(CCc1c(Cl)c[nH]c(=O)c1Cl)CC(C)(C)C. The van der Waals surface area contributed by atoms with Gasteiger partial charge in [-0.05, 0) is 63.9 Å². The van der Waals surface area contributed by atoms with E-state index in [0.717, 1.165) is 37.2 Å². The van der Waals surface area contributed by atoms with E-state index >= 15 is 0 Å². The van der Waals surface area contributed by atoms with Crippen LogP contribution in [0, 0.1) is 10.8 Å². The van der Waals surface area contributed by atoms with Crippen molar-refractivity contribution in [2.75, 3.05) is 19.6 Å². The molecule has 0 atom stereocenters. The van der Waals surface area contributed by atoms with Crippen molar-refractivity contribution in [1.29, 1.82) is 0 Å². The molecular weight excluding hydrogens is 509 g/mol. The molecule has 1 saturated carbocycles. The fraction of sp³-hybridized carbons (Fsp3) is 0.586. The largest absolute Gasteiger partial charge is 0.481 e. The van der Waals surface area contributed by atoms with Crippen molar-refractivity contribution < 1.29 is 9.90 Å². The molecule has 0 spiro atoms. The molecule has 6 nitrogen and oxygen atoms in total. The van der Waals surface area contributed by atoms with Crippen molar-refractivity contribution in [3.8, 4) is 0 Å². The summed E-state index contributed by atoms with van der Waals surface area (Å²) in [5.41, 5.74) is 4.14. The molecule has 1 fully saturated rings. The summed E-state index contributed by atoms with van der Waals surface area (Å²) in [6.07, 6.45) is 7.32. The summed E-state index contributed by atoms with van der Waals surface area (Å²) in [5, 5.41) is 10.2. The van der Waals surface area contributed by atoms with Gasteiger partial charge in [0.2, 0.25) is 0 Å². The van der Waals surface area contributed by atoms with Crippen LogP contribution in [0.25, 0.3) is 0 Å². The fourth-order valence-electron chi connectivity index (χ4n) is 5.45. The highest BCUT2D eigenvalue weighted by Gasteiger charge is 2.39. The summed E-state index contributed by atoms with van der Waals surface area (Å²) in [7, 11) is 0. The molecule has 204 valence electrons. The Morgan fingerprint density at radius 3 is 2.46 bits per heavy atom. The van der Waals surface area contributed by atoms with Gasteiger partial charge in [0, 0.05) is 48.8 Å². The average molecular weight is 551 g/mol. The maximum atomic E-state index is 12.1. The third-order valence-electron chi connectivity index (χ3n) is 7.72. The molecule has 0 aromatic carbocycles. The Kier molecular flexibility index (Phi) is 8.96. The van der Waals surface area contributed by atoms with Crippen molar-refractivity contribution in [1.82, 2.24) is 14.8 Å². The average Bonchev–Trinajstić information content (AvgIpc) is 2.81. The molecule has 1 aliphatic carbocycles. The monoisotopic (exact) mass is 549 g/mol. The van der Waals surface area contributed by atoms with Crippen molar-refractivity contribution >= 4 is 29.2 Å². The number of aromatic amines is 1. The van der Waals surface area contributed by atoms with E-state index in [1.54, 1.807) is 0 Å². The van der Waals surface area contributed by atoms with Gasteiger partial charge in [0.05, 0.1) is 10.4 Å². The smallest absolute Gasteiger partial charge is 0.309 e. The number of carboxylic acid groups (broad SMARTS) is 1. The number of rotatable bonds is 8. The third kappa shape index (κ3) is 6.83. The highest BCUT2D eigenvalue weighted by atomic mass is 35.5. The minimum absolute atomic E-state index is 0.0108. The number of carboxylic acids is 1. The van der Waals surface area contributed by atoms with Crippen molar-refractivity contribution in [2.45, 2.75) is 79.7 Å². The van der Waals surface area contributed by atoms with Crippen LogP contribution in [0.2, 0.25) is 10.0 Å². The number of nitrogens with one attached hydrogen (secondary N) is 1. The summed E-state index contributed by atoms with van der Waals surface area (Å²) >= 11 is 12.7. The van der Waals surface area contributed by atoms with Gasteiger partial charge in [0.25, 0.3) is 5.56 Å². The first kappa shape index (κ1) is 29.4. The molecule has 37 heavy (non-hydrogen) atoms. The Hall–Kier alpha value is -2.18. The van der Waals surface area contributed by atoms with Gasteiger partial charge >= 0.3 is 5.97 Å². The quantitative estimate of drug-likeness (QED) is 0.379. The van der Waals surface area contributed by atoms with Crippen LogP contribution in [0.5, 0.6) is 0 Å². The lowest BCUT2D eigenvalue weighted by molar-refractivity contribution is -0.150. The summed E-state index contributed by atoms with van der Waals surface area (Å²) in [5.74, 6) is -0.694. The third-order valence-corrected chi connectivity index (χ3v) is 8.46. The zero-order chi connectivity index (χ0) is 27.7. The molecular formula is C29H41Cl2N3O3. The Balaban J connectivity index is 1.87. The number of hydrogen-bond acceptors (Lipinski definition) is 4. The molecule has 3 rings (SSSR count). The number of aliphatic carboxylic acids is 1. The minimum atomic E-state index is -0.694. The summed E-state index contributed by atoms with van der Waals surface area (Å²) in [6.45, 7) is 19.5. The van der Waals surface area contributed by atoms with Crippen molar-refractivity contribution in [3.63, 3.8) is 0 Å². The minimum Gasteiger partial charge on any atom is -0.481 e. The number of pyridine rings is 1.